The molecule has 4 aromatic carbocycles. The summed E-state index contributed by atoms with van der Waals surface area (Å²) in [5.41, 5.74) is 1.83. The summed E-state index contributed by atoms with van der Waals surface area (Å²) in [5, 5.41) is 50.7. The highest BCUT2D eigenvalue weighted by molar-refractivity contribution is 7.13. The van der Waals surface area contributed by atoms with Gasteiger partial charge in [-0.25, -0.2) is 4.79 Å². The third kappa shape index (κ3) is 7.15. The molecule has 0 fully saturated rings. The van der Waals surface area contributed by atoms with Gasteiger partial charge in [-0.15, -0.1) is 11.3 Å². The Morgan fingerprint density at radius 1 is 0.837 bits per heavy atom. The summed E-state index contributed by atoms with van der Waals surface area (Å²) in [4.78, 5) is 40.2. The molecule has 0 bridgehead atoms. The summed E-state index contributed by atoms with van der Waals surface area (Å²) in [7, 11) is 0. The van der Waals surface area contributed by atoms with Crippen molar-refractivity contribution in [2.24, 2.45) is 0 Å². The van der Waals surface area contributed by atoms with E-state index in [0.29, 0.717) is 29.6 Å². The lowest BCUT2D eigenvalue weighted by Gasteiger charge is -2.25. The normalized spacial score (nSPS) is 13.1. The maximum Gasteiger partial charge on any atom is 0.345 e. The molecule has 0 saturated carbocycles. The number of aliphatic hydroxyl groups excluding tert-OH is 1. The number of rotatable bonds is 12. The van der Waals surface area contributed by atoms with Crippen molar-refractivity contribution in [2.45, 2.75) is 24.8 Å². The number of aliphatic carboxylic acids is 1. The molecule has 2 unspecified atom stereocenters. The van der Waals surface area contributed by atoms with E-state index in [1.165, 1.54) is 23.5 Å². The first-order valence-corrected chi connectivity index (χ1v) is 16.3. The number of phenolic OH excluding ortho intramolecular Hbond substituents is 1. The number of aromatic nitrogens is 1. The quantitative estimate of drug-likeness (QED) is 0.0946. The van der Waals surface area contributed by atoms with Crippen LogP contribution >= 0.6 is 11.3 Å². The van der Waals surface area contributed by atoms with Crippen LogP contribution in [0.25, 0.3) is 21.3 Å². The summed E-state index contributed by atoms with van der Waals surface area (Å²) < 4.78 is 0. The molecule has 2 atom stereocenters. The lowest BCUT2D eigenvalue weighted by atomic mass is 9.85. The number of carbonyl (C=O) groups excluding carboxylic acids is 1. The van der Waals surface area contributed by atoms with Crippen LogP contribution in [0.1, 0.15) is 44.3 Å². The number of carboxylic acids is 1. The summed E-state index contributed by atoms with van der Waals surface area (Å²) in [6.07, 6.45) is -0.886. The molecule has 10 nitrogen and oxygen atoms in total. The molecule has 0 radical (unpaired) electrons. The second kappa shape index (κ2) is 14.3. The molecule has 0 spiro atoms. The smallest absolute Gasteiger partial charge is 0.345 e. The van der Waals surface area contributed by atoms with Gasteiger partial charge in [-0.2, -0.15) is 0 Å². The predicted octanol–water partition coefficient (Wildman–Crippen LogP) is 5.04. The van der Waals surface area contributed by atoms with Crippen LogP contribution in [0, 0.1) is 0 Å². The number of benzene rings is 4. The lowest BCUT2D eigenvalue weighted by molar-refractivity contribution is -0.155. The maximum absolute atomic E-state index is 12.9. The highest BCUT2D eigenvalue weighted by atomic mass is 32.1. The average Bonchev–Trinajstić information content (AvgIpc) is 3.60. The first kappa shape index (κ1) is 33.3. The Balaban J connectivity index is 1.03. The number of H-pyrrole nitrogens is 1. The van der Waals surface area contributed by atoms with Crippen LogP contribution in [0.3, 0.4) is 0 Å². The van der Waals surface area contributed by atoms with Crippen molar-refractivity contribution in [3.05, 3.63) is 158 Å². The summed E-state index contributed by atoms with van der Waals surface area (Å²) in [5.74, 6) is -1.68. The van der Waals surface area contributed by atoms with Crippen molar-refractivity contribution in [3.63, 3.8) is 0 Å². The fraction of sp³-hybridized carbons (Fsp3) is 0.132. The molecule has 1 amide bonds. The summed E-state index contributed by atoms with van der Waals surface area (Å²) in [6.45, 7) is 0.959. The van der Waals surface area contributed by atoms with E-state index >= 15 is 0 Å². The van der Waals surface area contributed by atoms with Gasteiger partial charge in [0.05, 0.1) is 11.6 Å². The molecule has 6 rings (SSSR count). The van der Waals surface area contributed by atoms with Gasteiger partial charge < -0.3 is 36.0 Å². The number of pyridine rings is 1. The van der Waals surface area contributed by atoms with Crippen molar-refractivity contribution in [3.8, 4) is 16.2 Å². The molecule has 0 aliphatic rings. The van der Waals surface area contributed by atoms with Gasteiger partial charge in [-0.05, 0) is 69.6 Å². The van der Waals surface area contributed by atoms with Crippen LogP contribution in [0.2, 0.25) is 0 Å². The number of phenols is 1. The molecule has 0 saturated heterocycles. The fourth-order valence-electron chi connectivity index (χ4n) is 5.68. The van der Waals surface area contributed by atoms with Gasteiger partial charge in [0.1, 0.15) is 5.75 Å². The molecule has 248 valence electrons. The van der Waals surface area contributed by atoms with E-state index in [1.54, 1.807) is 72.8 Å². The zero-order chi connectivity index (χ0) is 34.5. The minimum atomic E-state index is -2.20. The minimum Gasteiger partial charge on any atom is -0.506 e. The number of carbonyl (C=O) groups is 2. The maximum atomic E-state index is 12.9. The van der Waals surface area contributed by atoms with Crippen LogP contribution in [0.5, 0.6) is 5.75 Å². The number of aromatic hydroxyl groups is 1. The molecule has 7 N–H and O–H groups in total. The Morgan fingerprint density at radius 3 is 2.35 bits per heavy atom. The first-order valence-electron chi connectivity index (χ1n) is 15.4. The molecule has 0 aliphatic heterocycles. The van der Waals surface area contributed by atoms with E-state index in [0.717, 1.165) is 21.6 Å². The topological polar surface area (TPSA) is 172 Å². The molecule has 2 heterocycles. The van der Waals surface area contributed by atoms with E-state index in [1.807, 2.05) is 29.6 Å². The number of nitrogens with one attached hydrogen (secondary N) is 3. The second-order valence-electron chi connectivity index (χ2n) is 11.6. The Bertz CT molecular complexity index is 2180. The first-order chi connectivity index (χ1) is 23.6. The third-order valence-corrected chi connectivity index (χ3v) is 9.35. The summed E-state index contributed by atoms with van der Waals surface area (Å²) in [6, 6.07) is 30.1. The SMILES string of the molecule is O=C(NCc1csc(-c2cccc(C(O)(C(=O)O)c3ccccc3)c2)c1)c1ccc(CNCC(O)c2ccc(O)c3[nH]c(=O)ccc23)cc1. The van der Waals surface area contributed by atoms with Crippen LogP contribution in [0.4, 0.5) is 0 Å². The number of hydrogen-bond acceptors (Lipinski definition) is 8. The molecular weight excluding hydrogens is 642 g/mol. The Hall–Kier alpha value is -5.59. The number of aliphatic hydroxyl groups is 2. The molecule has 6 aromatic rings. The highest BCUT2D eigenvalue weighted by Crippen LogP contribution is 2.35. The average molecular weight is 676 g/mol. The van der Waals surface area contributed by atoms with E-state index < -0.39 is 17.7 Å². The zero-order valence-corrected chi connectivity index (χ0v) is 26.9. The number of fused-ring (bicyclic) bond motifs is 1. The molecule has 2 aromatic heterocycles. The van der Waals surface area contributed by atoms with Gasteiger partial charge in [0, 0.05) is 47.1 Å². The van der Waals surface area contributed by atoms with Crippen molar-refractivity contribution < 1.29 is 30.0 Å². The van der Waals surface area contributed by atoms with Crippen LogP contribution in [-0.2, 0) is 23.5 Å². The lowest BCUT2D eigenvalue weighted by Crippen LogP contribution is -2.36. The standard InChI is InChI=1S/C38H33N3O7S/c42-31-15-13-29(30-14-16-34(44)41-35(30)31)32(43)21-39-19-23-9-11-25(12-10-23)36(45)40-20-24-17-33(49-22-24)26-5-4-8-28(18-26)38(48,37(46)47)27-6-2-1-3-7-27/h1-18,22,32,39,42-43,48H,19-21H2,(H,40,45)(H,41,44)(H,46,47). The number of aromatic amines is 1. The highest BCUT2D eigenvalue weighted by Gasteiger charge is 2.40. The largest absolute Gasteiger partial charge is 0.506 e. The molecule has 0 aliphatic carbocycles. The van der Waals surface area contributed by atoms with Crippen LogP contribution in [0.15, 0.2) is 119 Å². The van der Waals surface area contributed by atoms with Gasteiger partial charge in [0.2, 0.25) is 11.2 Å². The second-order valence-corrected chi connectivity index (χ2v) is 12.5. The van der Waals surface area contributed by atoms with Crippen molar-refractivity contribution in [1.29, 1.82) is 0 Å². The van der Waals surface area contributed by atoms with Crippen LogP contribution < -0.4 is 16.2 Å². The predicted molar refractivity (Wildman–Crippen MR) is 187 cm³/mol. The van der Waals surface area contributed by atoms with Gasteiger partial charge in [-0.1, -0.05) is 66.7 Å². The van der Waals surface area contributed by atoms with Crippen molar-refractivity contribution in [2.75, 3.05) is 6.54 Å². The molecular formula is C38H33N3O7S. The van der Waals surface area contributed by atoms with Gasteiger partial charge in [0.25, 0.3) is 5.91 Å². The van der Waals surface area contributed by atoms with E-state index in [2.05, 4.69) is 15.6 Å². The Labute approximate surface area is 285 Å². The van der Waals surface area contributed by atoms with Gasteiger partial charge >= 0.3 is 5.97 Å². The monoisotopic (exact) mass is 675 g/mol. The van der Waals surface area contributed by atoms with E-state index in [9.17, 15) is 34.8 Å². The van der Waals surface area contributed by atoms with Gasteiger partial charge in [0.15, 0.2) is 0 Å². The summed E-state index contributed by atoms with van der Waals surface area (Å²) >= 11 is 1.45. The van der Waals surface area contributed by atoms with Crippen molar-refractivity contribution >= 4 is 34.1 Å². The van der Waals surface area contributed by atoms with E-state index in [-0.39, 0.29) is 40.4 Å². The molecule has 49 heavy (non-hydrogen) atoms. The number of carboxylic acid groups (broad SMARTS) is 1. The fourth-order valence-corrected chi connectivity index (χ4v) is 6.59. The number of hydrogen-bond donors (Lipinski definition) is 7. The van der Waals surface area contributed by atoms with Gasteiger partial charge in [-0.3, -0.25) is 9.59 Å². The van der Waals surface area contributed by atoms with Crippen molar-refractivity contribution in [1.82, 2.24) is 15.6 Å². The molecule has 11 heteroatoms. The van der Waals surface area contributed by atoms with Crippen LogP contribution in [-0.4, -0.2) is 43.8 Å². The zero-order valence-electron chi connectivity index (χ0n) is 26.1. The Morgan fingerprint density at radius 2 is 1.59 bits per heavy atom. The number of thiophene rings is 1. The third-order valence-electron chi connectivity index (χ3n) is 8.32. The Kier molecular flexibility index (Phi) is 9.70. The minimum absolute atomic E-state index is 0.0696. The van der Waals surface area contributed by atoms with E-state index in [4.69, 9.17) is 0 Å². The number of amides is 1.